The van der Waals surface area contributed by atoms with Crippen LogP contribution in [0.3, 0.4) is 0 Å². The fourth-order valence-electron chi connectivity index (χ4n) is 5.30. The van der Waals surface area contributed by atoms with Gasteiger partial charge in [0.25, 0.3) is 0 Å². The van der Waals surface area contributed by atoms with Crippen LogP contribution in [0.15, 0.2) is 0 Å². The van der Waals surface area contributed by atoms with E-state index in [1.165, 1.54) is 44.9 Å². The van der Waals surface area contributed by atoms with Crippen molar-refractivity contribution >= 4 is 0 Å². The maximum Gasteiger partial charge on any atom is 0.0127 e. The van der Waals surface area contributed by atoms with Gasteiger partial charge >= 0.3 is 0 Å². The van der Waals surface area contributed by atoms with Crippen LogP contribution < -0.4 is 5.32 Å². The Morgan fingerprint density at radius 3 is 2.21 bits per heavy atom. The standard InChI is InChI=1S/C17H32N2/c1-4-18-14-10-15-6-7-16(11-14)19(15)17-8-5-12(2)9-13(17)3/h12-18H,4-11H2,1-3H3. The molecule has 2 heterocycles. The van der Waals surface area contributed by atoms with E-state index in [0.717, 1.165) is 42.5 Å². The quantitative estimate of drug-likeness (QED) is 0.840. The van der Waals surface area contributed by atoms with Gasteiger partial charge in [-0.15, -0.1) is 0 Å². The summed E-state index contributed by atoms with van der Waals surface area (Å²) < 4.78 is 0. The molecule has 2 saturated heterocycles. The molecule has 2 heteroatoms. The Labute approximate surface area is 119 Å². The Bertz CT molecular complexity index is 290. The van der Waals surface area contributed by atoms with Crippen molar-refractivity contribution < 1.29 is 0 Å². The van der Waals surface area contributed by atoms with Crippen LogP contribution in [0, 0.1) is 11.8 Å². The third-order valence-electron chi connectivity index (χ3n) is 6.05. The molecule has 0 aromatic rings. The minimum atomic E-state index is 0.802. The number of fused-ring (bicyclic) bond motifs is 2. The van der Waals surface area contributed by atoms with E-state index in [1.807, 2.05) is 0 Å². The second-order valence-electron chi connectivity index (χ2n) is 7.52. The van der Waals surface area contributed by atoms with E-state index in [4.69, 9.17) is 0 Å². The van der Waals surface area contributed by atoms with Gasteiger partial charge in [-0.05, 0) is 63.3 Å². The average molecular weight is 264 g/mol. The number of hydrogen-bond acceptors (Lipinski definition) is 2. The van der Waals surface area contributed by atoms with Crippen molar-refractivity contribution in [1.82, 2.24) is 10.2 Å². The largest absolute Gasteiger partial charge is 0.314 e. The smallest absolute Gasteiger partial charge is 0.0127 e. The second kappa shape index (κ2) is 5.73. The van der Waals surface area contributed by atoms with E-state index in [1.54, 1.807) is 0 Å². The molecular formula is C17H32N2. The summed E-state index contributed by atoms with van der Waals surface area (Å²) in [6.07, 6.45) is 10.1. The molecule has 5 atom stereocenters. The maximum atomic E-state index is 3.70. The Balaban J connectivity index is 1.66. The van der Waals surface area contributed by atoms with Crippen molar-refractivity contribution in [3.8, 4) is 0 Å². The van der Waals surface area contributed by atoms with Crippen LogP contribution in [0.5, 0.6) is 0 Å². The lowest BCUT2D eigenvalue weighted by molar-refractivity contribution is 0.0175. The minimum absolute atomic E-state index is 0.802. The topological polar surface area (TPSA) is 15.3 Å². The molecule has 0 spiro atoms. The van der Waals surface area contributed by atoms with Crippen LogP contribution >= 0.6 is 0 Å². The minimum Gasteiger partial charge on any atom is -0.314 e. The van der Waals surface area contributed by atoms with Gasteiger partial charge in [-0.25, -0.2) is 0 Å². The van der Waals surface area contributed by atoms with E-state index in [9.17, 15) is 0 Å². The van der Waals surface area contributed by atoms with Gasteiger partial charge in [-0.3, -0.25) is 4.90 Å². The number of hydrogen-bond donors (Lipinski definition) is 1. The van der Waals surface area contributed by atoms with Crippen LogP contribution in [-0.2, 0) is 0 Å². The lowest BCUT2D eigenvalue weighted by Gasteiger charge is -2.48. The molecule has 1 N–H and O–H groups in total. The second-order valence-corrected chi connectivity index (χ2v) is 7.52. The average Bonchev–Trinajstić information content (AvgIpc) is 2.63. The lowest BCUT2D eigenvalue weighted by atomic mass is 9.77. The summed E-state index contributed by atoms with van der Waals surface area (Å²) in [5, 5.41) is 3.70. The summed E-state index contributed by atoms with van der Waals surface area (Å²) in [4.78, 5) is 2.98. The van der Waals surface area contributed by atoms with Gasteiger partial charge in [0.1, 0.15) is 0 Å². The highest BCUT2D eigenvalue weighted by Crippen LogP contribution is 2.42. The van der Waals surface area contributed by atoms with Crippen molar-refractivity contribution in [3.63, 3.8) is 0 Å². The van der Waals surface area contributed by atoms with Gasteiger partial charge in [0.05, 0.1) is 0 Å². The molecule has 3 aliphatic rings. The molecule has 110 valence electrons. The molecule has 2 aliphatic heterocycles. The number of piperidine rings is 1. The Kier molecular flexibility index (Phi) is 4.19. The Morgan fingerprint density at radius 2 is 1.63 bits per heavy atom. The van der Waals surface area contributed by atoms with Crippen LogP contribution in [0.2, 0.25) is 0 Å². The van der Waals surface area contributed by atoms with E-state index in [-0.39, 0.29) is 0 Å². The van der Waals surface area contributed by atoms with Gasteiger partial charge < -0.3 is 5.32 Å². The van der Waals surface area contributed by atoms with E-state index < -0.39 is 0 Å². The molecular weight excluding hydrogens is 232 g/mol. The first kappa shape index (κ1) is 13.9. The van der Waals surface area contributed by atoms with Gasteiger partial charge in [0.15, 0.2) is 0 Å². The maximum absolute atomic E-state index is 3.70. The van der Waals surface area contributed by atoms with Crippen molar-refractivity contribution in [1.29, 1.82) is 0 Å². The van der Waals surface area contributed by atoms with Crippen LogP contribution in [0.4, 0.5) is 0 Å². The van der Waals surface area contributed by atoms with E-state index in [0.29, 0.717) is 0 Å². The van der Waals surface area contributed by atoms with Gasteiger partial charge in [0, 0.05) is 24.2 Å². The third kappa shape index (κ3) is 2.71. The highest BCUT2D eigenvalue weighted by atomic mass is 15.3. The number of nitrogens with one attached hydrogen (secondary N) is 1. The monoisotopic (exact) mass is 264 g/mol. The molecule has 2 nitrogen and oxygen atoms in total. The fourth-order valence-corrected chi connectivity index (χ4v) is 5.30. The fraction of sp³-hybridized carbons (Fsp3) is 1.00. The normalized spacial score (nSPS) is 47.5. The summed E-state index contributed by atoms with van der Waals surface area (Å²) in [5.74, 6) is 1.88. The highest BCUT2D eigenvalue weighted by Gasteiger charge is 2.45. The van der Waals surface area contributed by atoms with Gasteiger partial charge in [0.2, 0.25) is 0 Å². The number of nitrogens with zero attached hydrogens (tertiary/aromatic N) is 1. The molecule has 1 aliphatic carbocycles. The highest BCUT2D eigenvalue weighted by molar-refractivity contribution is 5.01. The summed E-state index contributed by atoms with van der Waals surface area (Å²) in [7, 11) is 0. The molecule has 2 bridgehead atoms. The van der Waals surface area contributed by atoms with Crippen molar-refractivity contribution in [2.24, 2.45) is 11.8 Å². The van der Waals surface area contributed by atoms with Crippen molar-refractivity contribution in [3.05, 3.63) is 0 Å². The molecule has 1 saturated carbocycles. The van der Waals surface area contributed by atoms with Crippen molar-refractivity contribution in [2.45, 2.75) is 89.9 Å². The molecule has 0 radical (unpaired) electrons. The lowest BCUT2D eigenvalue weighted by Crippen LogP contribution is -2.55. The molecule has 3 rings (SSSR count). The number of rotatable bonds is 3. The zero-order chi connectivity index (χ0) is 13.4. The summed E-state index contributed by atoms with van der Waals surface area (Å²) in [5.41, 5.74) is 0. The van der Waals surface area contributed by atoms with Crippen LogP contribution in [0.1, 0.15) is 65.7 Å². The Morgan fingerprint density at radius 1 is 0.947 bits per heavy atom. The summed E-state index contributed by atoms with van der Waals surface area (Å²) in [6.45, 7) is 8.34. The predicted molar refractivity (Wildman–Crippen MR) is 81.3 cm³/mol. The molecule has 5 unspecified atom stereocenters. The van der Waals surface area contributed by atoms with Gasteiger partial charge in [-0.1, -0.05) is 20.8 Å². The first-order valence-corrected chi connectivity index (χ1v) is 8.69. The molecule has 0 aromatic heterocycles. The van der Waals surface area contributed by atoms with Crippen molar-refractivity contribution in [2.75, 3.05) is 6.54 Å². The van der Waals surface area contributed by atoms with Crippen LogP contribution in [0.25, 0.3) is 0 Å². The third-order valence-corrected chi connectivity index (χ3v) is 6.05. The first-order chi connectivity index (χ1) is 9.19. The molecule has 3 fully saturated rings. The zero-order valence-corrected chi connectivity index (χ0v) is 13.1. The predicted octanol–water partition coefficient (Wildman–Crippen LogP) is 3.42. The van der Waals surface area contributed by atoms with Gasteiger partial charge in [-0.2, -0.15) is 0 Å². The zero-order valence-electron chi connectivity index (χ0n) is 13.1. The summed E-state index contributed by atoms with van der Waals surface area (Å²) >= 11 is 0. The molecule has 19 heavy (non-hydrogen) atoms. The van der Waals surface area contributed by atoms with E-state index in [2.05, 4.69) is 31.0 Å². The SMILES string of the molecule is CCNC1CC2CCC(C1)N2C1CCC(C)CC1C. The van der Waals surface area contributed by atoms with E-state index >= 15 is 0 Å². The Hall–Kier alpha value is -0.0800. The summed E-state index contributed by atoms with van der Waals surface area (Å²) in [6, 6.07) is 3.49. The molecule has 0 amide bonds. The first-order valence-electron chi connectivity index (χ1n) is 8.69. The molecule has 0 aromatic carbocycles. The van der Waals surface area contributed by atoms with Crippen LogP contribution in [-0.4, -0.2) is 35.6 Å².